The van der Waals surface area contributed by atoms with Gasteiger partial charge in [0.2, 0.25) is 17.7 Å². The van der Waals surface area contributed by atoms with Gasteiger partial charge in [-0.2, -0.15) is 0 Å². The van der Waals surface area contributed by atoms with Gasteiger partial charge in [-0.25, -0.2) is 10.3 Å². The molecule has 1 unspecified atom stereocenters. The van der Waals surface area contributed by atoms with Crippen molar-refractivity contribution in [3.8, 4) is 0 Å². The second kappa shape index (κ2) is 17.2. The van der Waals surface area contributed by atoms with E-state index in [1.54, 1.807) is 11.9 Å². The molecule has 1 aromatic carbocycles. The highest BCUT2D eigenvalue weighted by Crippen LogP contribution is 2.18. The van der Waals surface area contributed by atoms with Gasteiger partial charge in [-0.15, -0.1) is 0 Å². The number of nitrogens with one attached hydrogen (secondary N) is 2. The molecule has 3 amide bonds. The normalized spacial score (nSPS) is 24.7. The van der Waals surface area contributed by atoms with Crippen molar-refractivity contribution in [3.05, 3.63) is 35.9 Å². The Balaban J connectivity index is 1.63. The van der Waals surface area contributed by atoms with Gasteiger partial charge in [0.25, 0.3) is 0 Å². The first-order valence-corrected chi connectivity index (χ1v) is 14.3. The highest BCUT2D eigenvalue weighted by molar-refractivity contribution is 5.90. The Kier molecular flexibility index (Phi) is 13.6. The Morgan fingerprint density at radius 3 is 2.45 bits per heavy atom. The number of rotatable bonds is 8. The van der Waals surface area contributed by atoms with Crippen molar-refractivity contribution >= 4 is 17.7 Å². The number of benzene rings is 1. The number of hydroxylamine groups is 1. The molecule has 3 atom stereocenters. The molecule has 2 N–H and O–H groups in total. The fraction of sp³-hybridized carbons (Fsp3) is 0.690. The molecular formula is C29H45N3O6. The molecule has 212 valence electrons. The summed E-state index contributed by atoms with van der Waals surface area (Å²) in [5, 5.41) is 2.91. The molecule has 0 aliphatic carbocycles. The molecule has 2 heterocycles. The van der Waals surface area contributed by atoms with Crippen molar-refractivity contribution < 1.29 is 28.7 Å². The molecule has 2 aliphatic heterocycles. The van der Waals surface area contributed by atoms with Gasteiger partial charge in [0.05, 0.1) is 13.2 Å². The average molecular weight is 532 g/mol. The van der Waals surface area contributed by atoms with Gasteiger partial charge >= 0.3 is 0 Å². The molecule has 9 nitrogen and oxygen atoms in total. The molecule has 0 saturated carbocycles. The van der Waals surface area contributed by atoms with Crippen LogP contribution in [0.2, 0.25) is 0 Å². The Bertz CT molecular complexity index is 846. The van der Waals surface area contributed by atoms with Crippen LogP contribution in [0.1, 0.15) is 82.6 Å². The lowest BCUT2D eigenvalue weighted by Crippen LogP contribution is -2.51. The molecule has 0 bridgehead atoms. The molecule has 0 radical (unpaired) electrons. The molecule has 38 heavy (non-hydrogen) atoms. The standard InChI is InChI=1S/C29H45N3O6/c1-32-18-12-6-4-2-3-5-10-16-24(20-26(33)31-38-27-17-11-13-19-37-27)28(34)30-25(29(32)35)22-36-21-23-14-8-7-9-15-23/h7-9,14-15,24-25,27H,2-6,10-13,16-22H2,1H3,(H,30,34)(H,31,33)/t24-,25+,27?/m1/s1. The van der Waals surface area contributed by atoms with E-state index in [2.05, 4.69) is 10.8 Å². The molecule has 2 saturated heterocycles. The summed E-state index contributed by atoms with van der Waals surface area (Å²) in [6, 6.07) is 8.90. The highest BCUT2D eigenvalue weighted by atomic mass is 16.8. The molecule has 0 spiro atoms. The topological polar surface area (TPSA) is 106 Å². The lowest BCUT2D eigenvalue weighted by molar-refractivity contribution is -0.200. The van der Waals surface area contributed by atoms with E-state index in [0.717, 1.165) is 69.8 Å². The van der Waals surface area contributed by atoms with Crippen molar-refractivity contribution in [2.75, 3.05) is 26.8 Å². The van der Waals surface area contributed by atoms with Gasteiger partial charge in [0, 0.05) is 39.0 Å². The van der Waals surface area contributed by atoms with Crippen molar-refractivity contribution in [2.45, 2.75) is 96.0 Å². The van der Waals surface area contributed by atoms with Crippen molar-refractivity contribution in [1.82, 2.24) is 15.7 Å². The van der Waals surface area contributed by atoms with E-state index in [4.69, 9.17) is 14.3 Å². The summed E-state index contributed by atoms with van der Waals surface area (Å²) >= 11 is 0. The minimum atomic E-state index is -0.821. The van der Waals surface area contributed by atoms with Gasteiger partial charge in [-0.1, -0.05) is 68.9 Å². The molecule has 2 aliphatic rings. The average Bonchev–Trinajstić information content (AvgIpc) is 2.94. The predicted molar refractivity (Wildman–Crippen MR) is 144 cm³/mol. The molecule has 1 aromatic rings. The maximum absolute atomic E-state index is 13.4. The molecular weight excluding hydrogens is 486 g/mol. The van der Waals surface area contributed by atoms with E-state index < -0.39 is 18.2 Å². The SMILES string of the molecule is CN1CCCCCCCCC[C@H](CC(=O)NOC2CCCCO2)C(=O)N[C@@H](COCc2ccccc2)C1=O. The third-order valence-corrected chi connectivity index (χ3v) is 7.18. The number of amides is 3. The van der Waals surface area contributed by atoms with Crippen LogP contribution in [0.15, 0.2) is 30.3 Å². The Labute approximate surface area is 226 Å². The summed E-state index contributed by atoms with van der Waals surface area (Å²) < 4.78 is 11.4. The number of hydrogen-bond acceptors (Lipinski definition) is 6. The van der Waals surface area contributed by atoms with Gasteiger partial charge in [0.15, 0.2) is 6.29 Å². The zero-order chi connectivity index (χ0) is 27.0. The maximum Gasteiger partial charge on any atom is 0.247 e. The summed E-state index contributed by atoms with van der Waals surface area (Å²) in [5.41, 5.74) is 3.46. The second-order valence-corrected chi connectivity index (χ2v) is 10.4. The van der Waals surface area contributed by atoms with Crippen LogP contribution in [0, 0.1) is 5.92 Å². The van der Waals surface area contributed by atoms with E-state index in [1.165, 1.54) is 0 Å². The number of carbonyl (C=O) groups excluding carboxylic acids is 3. The third kappa shape index (κ3) is 11.1. The largest absolute Gasteiger partial charge is 0.374 e. The van der Waals surface area contributed by atoms with Crippen LogP contribution in [0.3, 0.4) is 0 Å². The summed E-state index contributed by atoms with van der Waals surface area (Å²) in [6.45, 7) is 1.65. The first-order chi connectivity index (χ1) is 18.5. The van der Waals surface area contributed by atoms with Crippen LogP contribution >= 0.6 is 0 Å². The highest BCUT2D eigenvalue weighted by Gasteiger charge is 2.29. The Morgan fingerprint density at radius 2 is 1.71 bits per heavy atom. The smallest absolute Gasteiger partial charge is 0.247 e. The lowest BCUT2D eigenvalue weighted by atomic mass is 9.95. The van der Waals surface area contributed by atoms with E-state index in [0.29, 0.717) is 26.2 Å². The summed E-state index contributed by atoms with van der Waals surface area (Å²) in [4.78, 5) is 46.5. The van der Waals surface area contributed by atoms with E-state index >= 15 is 0 Å². The van der Waals surface area contributed by atoms with Crippen molar-refractivity contribution in [3.63, 3.8) is 0 Å². The van der Waals surface area contributed by atoms with Crippen LogP contribution in [-0.2, 0) is 35.3 Å². The Morgan fingerprint density at radius 1 is 1.00 bits per heavy atom. The molecule has 9 heteroatoms. The van der Waals surface area contributed by atoms with Crippen molar-refractivity contribution in [1.29, 1.82) is 0 Å². The number of likely N-dealkylation sites (N-methyl/N-ethyl adjacent to an activating group) is 1. The van der Waals surface area contributed by atoms with Gasteiger partial charge in [0.1, 0.15) is 6.04 Å². The van der Waals surface area contributed by atoms with Gasteiger partial charge in [-0.3, -0.25) is 14.4 Å². The molecule has 0 aromatic heterocycles. The number of carbonyl (C=O) groups is 3. The van der Waals surface area contributed by atoms with E-state index in [-0.39, 0.29) is 30.7 Å². The fourth-order valence-electron chi connectivity index (χ4n) is 4.86. The molecule has 2 fully saturated rings. The monoisotopic (exact) mass is 531 g/mol. The zero-order valence-electron chi connectivity index (χ0n) is 22.8. The fourth-order valence-corrected chi connectivity index (χ4v) is 4.86. The minimum Gasteiger partial charge on any atom is -0.374 e. The van der Waals surface area contributed by atoms with Crippen LogP contribution < -0.4 is 10.8 Å². The van der Waals surface area contributed by atoms with Crippen LogP contribution in [0.4, 0.5) is 0 Å². The first kappa shape index (κ1) is 30.1. The van der Waals surface area contributed by atoms with Crippen molar-refractivity contribution in [2.24, 2.45) is 5.92 Å². The van der Waals surface area contributed by atoms with E-state index in [1.807, 2.05) is 30.3 Å². The van der Waals surface area contributed by atoms with Crippen LogP contribution in [-0.4, -0.2) is 61.8 Å². The third-order valence-electron chi connectivity index (χ3n) is 7.18. The number of ether oxygens (including phenoxy) is 2. The number of nitrogens with zero attached hydrogens (tertiary/aromatic N) is 1. The predicted octanol–water partition coefficient (Wildman–Crippen LogP) is 3.86. The maximum atomic E-state index is 13.4. The number of hydrogen-bond donors (Lipinski definition) is 2. The van der Waals surface area contributed by atoms with Gasteiger partial charge in [-0.05, 0) is 31.2 Å². The zero-order valence-corrected chi connectivity index (χ0v) is 22.8. The summed E-state index contributed by atoms with van der Waals surface area (Å²) in [7, 11) is 1.77. The quantitative estimate of drug-likeness (QED) is 0.494. The summed E-state index contributed by atoms with van der Waals surface area (Å²) in [6.07, 6.45) is 10.1. The Hall–Kier alpha value is -2.49. The first-order valence-electron chi connectivity index (χ1n) is 14.3. The van der Waals surface area contributed by atoms with Crippen LogP contribution in [0.5, 0.6) is 0 Å². The van der Waals surface area contributed by atoms with E-state index in [9.17, 15) is 14.4 Å². The van der Waals surface area contributed by atoms with Crippen LogP contribution in [0.25, 0.3) is 0 Å². The summed E-state index contributed by atoms with van der Waals surface area (Å²) in [5.74, 6) is -1.41. The molecule has 3 rings (SSSR count). The lowest BCUT2D eigenvalue weighted by Gasteiger charge is -2.26. The second-order valence-electron chi connectivity index (χ2n) is 10.4. The van der Waals surface area contributed by atoms with Gasteiger partial charge < -0.3 is 19.7 Å². The minimum absolute atomic E-state index is 0.0137.